The summed E-state index contributed by atoms with van der Waals surface area (Å²) >= 11 is 1.37. The molecule has 35 heavy (non-hydrogen) atoms. The fraction of sp³-hybridized carbons (Fsp3) is 0.250. The molecule has 3 aromatic rings. The first kappa shape index (κ1) is 22.7. The van der Waals surface area contributed by atoms with Gasteiger partial charge in [0, 0.05) is 28.4 Å². The van der Waals surface area contributed by atoms with Crippen LogP contribution in [0.1, 0.15) is 23.4 Å². The van der Waals surface area contributed by atoms with Crippen LogP contribution in [-0.2, 0) is 20.7 Å². The van der Waals surface area contributed by atoms with Gasteiger partial charge in [0.25, 0.3) is 5.91 Å². The third-order valence-corrected chi connectivity index (χ3v) is 6.94. The molecule has 11 heteroatoms. The number of hydrogen-bond donors (Lipinski definition) is 4. The lowest BCUT2D eigenvalue weighted by Crippen LogP contribution is -2.49. The highest BCUT2D eigenvalue weighted by Crippen LogP contribution is 2.31. The minimum absolute atomic E-state index is 0.135. The van der Waals surface area contributed by atoms with Crippen LogP contribution in [0.2, 0.25) is 0 Å². The lowest BCUT2D eigenvalue weighted by atomic mass is 10.0. The van der Waals surface area contributed by atoms with E-state index in [1.165, 1.54) is 11.3 Å². The average molecular weight is 494 g/mol. The Hall–Kier alpha value is -4.12. The van der Waals surface area contributed by atoms with Crippen molar-refractivity contribution in [1.82, 2.24) is 25.8 Å². The molecular formula is C24H23N5O5S. The fourth-order valence-corrected chi connectivity index (χ4v) is 5.19. The van der Waals surface area contributed by atoms with Gasteiger partial charge in [-0.05, 0) is 30.0 Å². The molecule has 1 fully saturated rings. The molecule has 0 saturated carbocycles. The molecule has 0 spiro atoms. The van der Waals surface area contributed by atoms with E-state index in [4.69, 9.17) is 4.74 Å². The first-order valence-corrected chi connectivity index (χ1v) is 12.0. The second-order valence-electron chi connectivity index (χ2n) is 8.15. The highest BCUT2D eigenvalue weighted by Gasteiger charge is 2.41. The van der Waals surface area contributed by atoms with Crippen LogP contribution in [0.3, 0.4) is 0 Å². The van der Waals surface area contributed by atoms with Crippen molar-refractivity contribution in [3.05, 3.63) is 69.7 Å². The number of aromatic amines is 1. The first-order chi connectivity index (χ1) is 17.0. The maximum atomic E-state index is 13.2. The van der Waals surface area contributed by atoms with Crippen LogP contribution in [0, 0.1) is 0 Å². The lowest BCUT2D eigenvalue weighted by Gasteiger charge is -2.29. The number of nitrogens with zero attached hydrogens (tertiary/aromatic N) is 1. The summed E-state index contributed by atoms with van der Waals surface area (Å²) in [6.07, 6.45) is 2.13. The predicted molar refractivity (Wildman–Crippen MR) is 128 cm³/mol. The molecule has 0 bridgehead atoms. The minimum atomic E-state index is -0.765. The summed E-state index contributed by atoms with van der Waals surface area (Å²) in [4.78, 5) is 56.2. The van der Waals surface area contributed by atoms with Crippen molar-refractivity contribution in [2.45, 2.75) is 25.4 Å². The number of carbonyl (C=O) groups is 4. The Morgan fingerprint density at radius 2 is 1.94 bits per heavy atom. The van der Waals surface area contributed by atoms with Gasteiger partial charge in [-0.15, -0.1) is 11.3 Å². The smallest absolute Gasteiger partial charge is 0.338 e. The van der Waals surface area contributed by atoms with Gasteiger partial charge < -0.3 is 25.7 Å². The fourth-order valence-electron chi connectivity index (χ4n) is 4.40. The van der Waals surface area contributed by atoms with E-state index in [1.807, 2.05) is 41.9 Å². The predicted octanol–water partition coefficient (Wildman–Crippen LogP) is 2.56. The summed E-state index contributed by atoms with van der Waals surface area (Å²) in [6.45, 7) is 1.55. The number of ether oxygens (including phenoxy) is 1. The zero-order valence-corrected chi connectivity index (χ0v) is 19.6. The zero-order valence-electron chi connectivity index (χ0n) is 18.8. The van der Waals surface area contributed by atoms with E-state index in [0.29, 0.717) is 6.42 Å². The molecule has 0 aliphatic carbocycles. The highest BCUT2D eigenvalue weighted by atomic mass is 32.1. The number of rotatable bonds is 7. The molecule has 1 aromatic carbocycles. The largest absolute Gasteiger partial charge is 0.463 e. The van der Waals surface area contributed by atoms with Crippen LogP contribution < -0.4 is 16.0 Å². The maximum Gasteiger partial charge on any atom is 0.338 e. The van der Waals surface area contributed by atoms with Crippen molar-refractivity contribution in [2.24, 2.45) is 0 Å². The number of fused-ring (bicyclic) bond motifs is 1. The van der Waals surface area contributed by atoms with Crippen molar-refractivity contribution in [2.75, 3.05) is 13.2 Å². The molecule has 1 saturated heterocycles. The number of carbonyl (C=O) groups excluding carboxylic acids is 4. The molecule has 5 rings (SSSR count). The molecule has 2 aliphatic heterocycles. The van der Waals surface area contributed by atoms with Gasteiger partial charge >= 0.3 is 18.0 Å². The van der Waals surface area contributed by atoms with Crippen LogP contribution >= 0.6 is 11.3 Å². The molecular weight excluding hydrogens is 470 g/mol. The van der Waals surface area contributed by atoms with Crippen LogP contribution in [0.4, 0.5) is 9.59 Å². The summed E-state index contributed by atoms with van der Waals surface area (Å²) in [6, 6.07) is 8.68. The standard InChI is InChI=1S/C24H23N5O5S/c1-2-34-22(31)19-17(26-23(32)28-20(19)18-8-5-9-35-18)12-29-21(30)16(27-24(29)33)10-13-11-25-15-7-4-3-6-14(13)15/h3-9,11,16,20,25H,2,10,12H2,1H3,(H,27,33)(H2,26,28,32)/t16-,20+/m0/s1. The summed E-state index contributed by atoms with van der Waals surface area (Å²) in [7, 11) is 0. The maximum absolute atomic E-state index is 13.2. The number of nitrogens with one attached hydrogen (secondary N) is 4. The number of urea groups is 2. The van der Waals surface area contributed by atoms with Crippen molar-refractivity contribution < 1.29 is 23.9 Å². The summed E-state index contributed by atoms with van der Waals surface area (Å²) < 4.78 is 5.23. The third kappa shape index (κ3) is 4.26. The number of hydrogen-bond acceptors (Lipinski definition) is 6. The molecule has 2 aromatic heterocycles. The SMILES string of the molecule is CCOC(=O)C1=C(CN2C(=O)N[C@@H](Cc3c[nH]c4ccccc34)C2=O)NC(=O)N[C@@H]1c1cccs1. The summed E-state index contributed by atoms with van der Waals surface area (Å²) in [5.74, 6) is -1.06. The van der Waals surface area contributed by atoms with Gasteiger partial charge in [-0.2, -0.15) is 0 Å². The van der Waals surface area contributed by atoms with E-state index >= 15 is 0 Å². The van der Waals surface area contributed by atoms with Crippen LogP contribution in [0.25, 0.3) is 10.9 Å². The van der Waals surface area contributed by atoms with Gasteiger partial charge in [-0.25, -0.2) is 14.4 Å². The van der Waals surface area contributed by atoms with E-state index in [9.17, 15) is 19.2 Å². The second-order valence-corrected chi connectivity index (χ2v) is 9.13. The van der Waals surface area contributed by atoms with Crippen molar-refractivity contribution >= 4 is 46.2 Å². The quantitative estimate of drug-likeness (QED) is 0.297. The lowest BCUT2D eigenvalue weighted by molar-refractivity contribution is -0.139. The van der Waals surface area contributed by atoms with E-state index < -0.39 is 36.0 Å². The molecule has 2 aliphatic rings. The number of amides is 5. The topological polar surface area (TPSA) is 133 Å². The Balaban J connectivity index is 1.43. The van der Waals surface area contributed by atoms with E-state index in [2.05, 4.69) is 20.9 Å². The van der Waals surface area contributed by atoms with Crippen molar-refractivity contribution in [1.29, 1.82) is 0 Å². The summed E-state index contributed by atoms with van der Waals surface area (Å²) in [5, 5.41) is 10.9. The molecule has 10 nitrogen and oxygen atoms in total. The van der Waals surface area contributed by atoms with Gasteiger partial charge in [0.15, 0.2) is 0 Å². The van der Waals surface area contributed by atoms with Crippen molar-refractivity contribution in [3.8, 4) is 0 Å². The normalized spacial score (nSPS) is 20.1. The molecule has 4 heterocycles. The molecule has 2 atom stereocenters. The first-order valence-electron chi connectivity index (χ1n) is 11.1. The number of benzene rings is 1. The Bertz CT molecular complexity index is 1350. The van der Waals surface area contributed by atoms with Gasteiger partial charge in [0.2, 0.25) is 0 Å². The number of H-pyrrole nitrogens is 1. The molecule has 0 radical (unpaired) electrons. The zero-order chi connectivity index (χ0) is 24.5. The third-order valence-electron chi connectivity index (χ3n) is 6.00. The van der Waals surface area contributed by atoms with Gasteiger partial charge in [0.05, 0.1) is 30.5 Å². The Kier molecular flexibility index (Phi) is 6.00. The Morgan fingerprint density at radius 1 is 1.11 bits per heavy atom. The number of esters is 1. The highest BCUT2D eigenvalue weighted by molar-refractivity contribution is 7.10. The van der Waals surface area contributed by atoms with Gasteiger partial charge in [-0.3, -0.25) is 9.69 Å². The summed E-state index contributed by atoms with van der Waals surface area (Å²) in [5.41, 5.74) is 2.16. The molecule has 180 valence electrons. The minimum Gasteiger partial charge on any atom is -0.463 e. The van der Waals surface area contributed by atoms with Gasteiger partial charge in [-0.1, -0.05) is 24.3 Å². The second kappa shape index (κ2) is 9.26. The monoisotopic (exact) mass is 493 g/mol. The van der Waals surface area contributed by atoms with Crippen LogP contribution in [-0.4, -0.2) is 53.0 Å². The van der Waals surface area contributed by atoms with Crippen LogP contribution in [0.5, 0.6) is 0 Å². The average Bonchev–Trinajstić information content (AvgIpc) is 3.57. The van der Waals surface area contributed by atoms with Gasteiger partial charge in [0.1, 0.15) is 6.04 Å². The Labute approximate surface area is 204 Å². The van der Waals surface area contributed by atoms with E-state index in [1.54, 1.807) is 13.0 Å². The number of thiophene rings is 1. The number of para-hydroxylation sites is 1. The van der Waals surface area contributed by atoms with Crippen LogP contribution in [0.15, 0.2) is 59.2 Å². The van der Waals surface area contributed by atoms with E-state index in [-0.39, 0.29) is 24.4 Å². The van der Waals surface area contributed by atoms with E-state index in [0.717, 1.165) is 26.2 Å². The molecule has 4 N–H and O–H groups in total. The Morgan fingerprint density at radius 3 is 2.71 bits per heavy atom. The molecule has 5 amide bonds. The van der Waals surface area contributed by atoms with Crippen molar-refractivity contribution in [3.63, 3.8) is 0 Å². The number of imide groups is 1. The molecule has 0 unspecified atom stereocenters. The number of aromatic nitrogens is 1.